The summed E-state index contributed by atoms with van der Waals surface area (Å²) in [7, 11) is 1.60. The molecule has 3 aromatic rings. The third-order valence-corrected chi connectivity index (χ3v) is 4.23. The smallest absolute Gasteiger partial charge is 0.269 e. The van der Waals surface area contributed by atoms with Crippen molar-refractivity contribution >= 4 is 34.7 Å². The molecule has 0 saturated heterocycles. The van der Waals surface area contributed by atoms with E-state index in [-0.39, 0.29) is 5.91 Å². The molecule has 0 atom stereocenters. The Bertz CT molecular complexity index is 833. The maximum Gasteiger partial charge on any atom is 0.269 e. The van der Waals surface area contributed by atoms with Crippen molar-refractivity contribution in [2.45, 2.75) is 0 Å². The first-order valence-electron chi connectivity index (χ1n) is 6.71. The predicted molar refractivity (Wildman–Crippen MR) is 91.3 cm³/mol. The van der Waals surface area contributed by atoms with E-state index in [1.54, 1.807) is 31.4 Å². The van der Waals surface area contributed by atoms with Gasteiger partial charge >= 0.3 is 0 Å². The third-order valence-electron chi connectivity index (χ3n) is 3.18. The first-order chi connectivity index (χ1) is 11.2. The lowest BCUT2D eigenvalue weighted by Gasteiger charge is -2.06. The number of nitrogens with one attached hydrogen (secondary N) is 1. The summed E-state index contributed by atoms with van der Waals surface area (Å²) in [6.07, 6.45) is 0. The molecule has 0 aliphatic rings. The minimum absolute atomic E-state index is 0.293. The van der Waals surface area contributed by atoms with Gasteiger partial charge in [0.15, 0.2) is 0 Å². The monoisotopic (exact) mass is 345 g/mol. The number of halogens is 1. The molecule has 0 aliphatic heterocycles. The maximum absolute atomic E-state index is 12.5. The van der Waals surface area contributed by atoms with Crippen LogP contribution < -0.4 is 10.1 Å². The van der Waals surface area contributed by atoms with Crippen molar-refractivity contribution in [3.63, 3.8) is 0 Å². The number of ether oxygens (including phenoxy) is 1. The highest BCUT2D eigenvalue weighted by molar-refractivity contribution is 7.08. The highest BCUT2D eigenvalue weighted by Gasteiger charge is 2.18. The number of benzene rings is 2. The fourth-order valence-corrected chi connectivity index (χ4v) is 2.79. The highest BCUT2D eigenvalue weighted by Crippen LogP contribution is 2.28. The molecule has 0 radical (unpaired) electrons. The van der Waals surface area contributed by atoms with Crippen LogP contribution in [0.1, 0.15) is 9.67 Å². The molecule has 0 spiro atoms. The molecule has 3 rings (SSSR count). The van der Waals surface area contributed by atoms with E-state index < -0.39 is 0 Å². The van der Waals surface area contributed by atoms with Gasteiger partial charge in [-0.2, -0.15) is 0 Å². The van der Waals surface area contributed by atoms with Crippen LogP contribution in [0.4, 0.5) is 5.69 Å². The number of nitrogens with zero attached hydrogens (tertiary/aromatic N) is 2. The number of carbonyl (C=O) groups excluding carboxylic acids is 1. The van der Waals surface area contributed by atoms with Gasteiger partial charge in [0.05, 0.1) is 17.8 Å². The number of hydrogen-bond acceptors (Lipinski definition) is 5. The molecule has 5 nitrogen and oxygen atoms in total. The number of rotatable bonds is 4. The van der Waals surface area contributed by atoms with Crippen molar-refractivity contribution in [3.8, 4) is 17.0 Å². The number of aromatic nitrogens is 2. The van der Waals surface area contributed by atoms with E-state index in [0.29, 0.717) is 21.3 Å². The molecule has 1 heterocycles. The van der Waals surface area contributed by atoms with E-state index in [0.717, 1.165) is 22.8 Å². The molecule has 2 aromatic carbocycles. The lowest BCUT2D eigenvalue weighted by Crippen LogP contribution is -2.11. The van der Waals surface area contributed by atoms with Crippen molar-refractivity contribution in [1.29, 1.82) is 0 Å². The molecule has 116 valence electrons. The van der Waals surface area contributed by atoms with Crippen molar-refractivity contribution < 1.29 is 9.53 Å². The zero-order valence-electron chi connectivity index (χ0n) is 12.1. The highest BCUT2D eigenvalue weighted by atomic mass is 35.5. The number of carbonyl (C=O) groups is 1. The molecule has 1 aromatic heterocycles. The zero-order chi connectivity index (χ0) is 16.2. The topological polar surface area (TPSA) is 64.1 Å². The predicted octanol–water partition coefficient (Wildman–Crippen LogP) is 4.12. The molecule has 0 fully saturated rings. The number of hydrogen-bond donors (Lipinski definition) is 1. The summed E-state index contributed by atoms with van der Waals surface area (Å²) in [6, 6.07) is 14.3. The van der Waals surface area contributed by atoms with Crippen LogP contribution in [0.2, 0.25) is 5.02 Å². The number of para-hydroxylation sites is 1. The van der Waals surface area contributed by atoms with Gasteiger partial charge in [0, 0.05) is 5.56 Å². The van der Waals surface area contributed by atoms with Crippen LogP contribution in [0, 0.1) is 0 Å². The SMILES string of the molecule is COc1ccc(-c2nnsc2C(=O)Nc2ccccc2Cl)cc1. The van der Waals surface area contributed by atoms with E-state index in [1.165, 1.54) is 0 Å². The Labute approximate surface area is 142 Å². The Morgan fingerprint density at radius 2 is 1.91 bits per heavy atom. The molecular weight excluding hydrogens is 334 g/mol. The average Bonchev–Trinajstić information content (AvgIpc) is 3.07. The number of amides is 1. The molecule has 1 amide bonds. The Kier molecular flexibility index (Phi) is 4.55. The Morgan fingerprint density at radius 3 is 2.61 bits per heavy atom. The summed E-state index contributed by atoms with van der Waals surface area (Å²) in [6.45, 7) is 0. The molecular formula is C16H12ClN3O2S. The summed E-state index contributed by atoms with van der Waals surface area (Å²) < 4.78 is 9.02. The van der Waals surface area contributed by atoms with Crippen molar-refractivity contribution in [2.75, 3.05) is 12.4 Å². The number of methoxy groups -OCH3 is 1. The molecule has 0 aliphatic carbocycles. The van der Waals surface area contributed by atoms with E-state index >= 15 is 0 Å². The van der Waals surface area contributed by atoms with Crippen molar-refractivity contribution in [1.82, 2.24) is 9.59 Å². The second-order valence-corrected chi connectivity index (χ2v) is 5.77. The molecule has 1 N–H and O–H groups in total. The molecule has 0 unspecified atom stereocenters. The Balaban J connectivity index is 1.88. The second kappa shape index (κ2) is 6.76. The average molecular weight is 346 g/mol. The quantitative estimate of drug-likeness (QED) is 0.772. The van der Waals surface area contributed by atoms with Crippen LogP contribution in [-0.2, 0) is 0 Å². The van der Waals surface area contributed by atoms with Crippen LogP contribution >= 0.6 is 23.1 Å². The van der Waals surface area contributed by atoms with E-state index in [1.807, 2.05) is 24.3 Å². The minimum Gasteiger partial charge on any atom is -0.497 e. The van der Waals surface area contributed by atoms with Crippen molar-refractivity contribution in [3.05, 3.63) is 58.4 Å². The molecule has 23 heavy (non-hydrogen) atoms. The summed E-state index contributed by atoms with van der Waals surface area (Å²) in [5, 5.41) is 7.32. The lowest BCUT2D eigenvalue weighted by molar-refractivity contribution is 0.103. The second-order valence-electron chi connectivity index (χ2n) is 4.61. The van der Waals surface area contributed by atoms with Crippen LogP contribution in [0.25, 0.3) is 11.3 Å². The Morgan fingerprint density at radius 1 is 1.17 bits per heavy atom. The van der Waals surface area contributed by atoms with Gasteiger partial charge in [-0.25, -0.2) is 0 Å². The van der Waals surface area contributed by atoms with E-state index in [9.17, 15) is 4.79 Å². The minimum atomic E-state index is -0.293. The van der Waals surface area contributed by atoms with Gasteiger partial charge in [-0.15, -0.1) is 5.10 Å². The molecule has 0 bridgehead atoms. The summed E-state index contributed by atoms with van der Waals surface area (Å²) in [5.74, 6) is 0.443. The summed E-state index contributed by atoms with van der Waals surface area (Å²) in [4.78, 5) is 12.9. The number of anilines is 1. The standard InChI is InChI=1S/C16H12ClN3O2S/c1-22-11-8-6-10(7-9-11)14-15(23-20-19-14)16(21)18-13-5-3-2-4-12(13)17/h2-9H,1H3,(H,18,21). The van der Waals surface area contributed by atoms with Gasteiger partial charge in [0.25, 0.3) is 5.91 Å². The van der Waals surface area contributed by atoms with Crippen molar-refractivity contribution in [2.24, 2.45) is 0 Å². The van der Waals surface area contributed by atoms with Gasteiger partial charge in [-0.3, -0.25) is 4.79 Å². The van der Waals surface area contributed by atoms with Crippen LogP contribution in [0.5, 0.6) is 5.75 Å². The van der Waals surface area contributed by atoms with Gasteiger partial charge in [-0.05, 0) is 47.9 Å². The molecule has 0 saturated carbocycles. The Hall–Kier alpha value is -2.44. The molecule has 7 heteroatoms. The fourth-order valence-electron chi connectivity index (χ4n) is 2.02. The van der Waals surface area contributed by atoms with Crippen LogP contribution in [0.3, 0.4) is 0 Å². The van der Waals surface area contributed by atoms with Gasteiger partial charge in [0.2, 0.25) is 0 Å². The third kappa shape index (κ3) is 3.33. The van der Waals surface area contributed by atoms with Crippen LogP contribution in [-0.4, -0.2) is 22.6 Å². The van der Waals surface area contributed by atoms with E-state index in [2.05, 4.69) is 14.9 Å². The van der Waals surface area contributed by atoms with Crippen LogP contribution in [0.15, 0.2) is 48.5 Å². The summed E-state index contributed by atoms with van der Waals surface area (Å²) in [5.41, 5.74) is 1.87. The van der Waals surface area contributed by atoms with Gasteiger partial charge in [0.1, 0.15) is 16.3 Å². The maximum atomic E-state index is 12.5. The lowest BCUT2D eigenvalue weighted by atomic mass is 10.1. The normalized spacial score (nSPS) is 10.3. The zero-order valence-corrected chi connectivity index (χ0v) is 13.7. The van der Waals surface area contributed by atoms with Gasteiger partial charge < -0.3 is 10.1 Å². The van der Waals surface area contributed by atoms with E-state index in [4.69, 9.17) is 16.3 Å². The fraction of sp³-hybridized carbons (Fsp3) is 0.0625. The summed E-state index contributed by atoms with van der Waals surface area (Å²) >= 11 is 7.10. The van der Waals surface area contributed by atoms with Gasteiger partial charge in [-0.1, -0.05) is 28.2 Å². The largest absolute Gasteiger partial charge is 0.497 e. The first-order valence-corrected chi connectivity index (χ1v) is 7.87. The first kappa shape index (κ1) is 15.5.